The van der Waals surface area contributed by atoms with Crippen molar-refractivity contribution in [3.8, 4) is 0 Å². The monoisotopic (exact) mass is 327 g/mol. The molecule has 0 bridgehead atoms. The lowest BCUT2D eigenvalue weighted by Crippen LogP contribution is -2.32. The van der Waals surface area contributed by atoms with Crippen molar-refractivity contribution in [2.24, 2.45) is 5.14 Å². The van der Waals surface area contributed by atoms with Gasteiger partial charge in [-0.25, -0.2) is 23.5 Å². The van der Waals surface area contributed by atoms with Gasteiger partial charge >= 0.3 is 0 Å². The number of rotatable bonds is 4. The van der Waals surface area contributed by atoms with Crippen LogP contribution in [0.2, 0.25) is 0 Å². The summed E-state index contributed by atoms with van der Waals surface area (Å²) in [5.74, 6) is 0.978. The van der Waals surface area contributed by atoms with E-state index in [1.165, 1.54) is 6.20 Å². The van der Waals surface area contributed by atoms with Gasteiger partial charge in [-0.1, -0.05) is 11.3 Å². The molecule has 7 nitrogen and oxygen atoms in total. The topological polar surface area (TPSA) is 94.1 Å². The summed E-state index contributed by atoms with van der Waals surface area (Å²) in [6, 6.07) is 0.303. The highest BCUT2D eigenvalue weighted by molar-refractivity contribution is 7.91. The molecule has 0 amide bonds. The molecule has 0 unspecified atom stereocenters. The van der Waals surface area contributed by atoms with E-state index in [1.807, 2.05) is 13.1 Å². The predicted molar refractivity (Wildman–Crippen MR) is 80.8 cm³/mol. The fourth-order valence-corrected chi connectivity index (χ4v) is 4.25. The van der Waals surface area contributed by atoms with Crippen LogP contribution in [0, 0.1) is 6.92 Å². The van der Waals surface area contributed by atoms with E-state index >= 15 is 0 Å². The Hall–Kier alpha value is -1.45. The van der Waals surface area contributed by atoms with E-state index in [2.05, 4.69) is 19.4 Å². The number of nitrogens with zero attached hydrogens (tertiary/aromatic N) is 4. The standard InChI is InChI=1S/C12H17N5O2S2/c1-9-14-4-6-16(9)8-10-3-2-5-17(10)12-15-7-11(20-12)21(13,18)19/h4,6-7,10H,2-3,5,8H2,1H3,(H2,13,18,19)/t10-/m0/s1. The van der Waals surface area contributed by atoms with Crippen molar-refractivity contribution in [3.05, 3.63) is 24.4 Å². The van der Waals surface area contributed by atoms with Gasteiger partial charge in [-0.2, -0.15) is 0 Å². The lowest BCUT2D eigenvalue weighted by Gasteiger charge is -2.24. The van der Waals surface area contributed by atoms with Crippen LogP contribution in [-0.2, 0) is 16.6 Å². The van der Waals surface area contributed by atoms with Crippen LogP contribution in [0.25, 0.3) is 0 Å². The summed E-state index contributed by atoms with van der Waals surface area (Å²) >= 11 is 1.13. The second-order valence-electron chi connectivity index (χ2n) is 5.12. The van der Waals surface area contributed by atoms with E-state index in [4.69, 9.17) is 5.14 Å². The molecule has 9 heteroatoms. The molecule has 0 saturated carbocycles. The third-order valence-corrected chi connectivity index (χ3v) is 6.15. The van der Waals surface area contributed by atoms with Gasteiger partial charge in [0.05, 0.1) is 6.20 Å². The van der Waals surface area contributed by atoms with Gasteiger partial charge in [0.1, 0.15) is 5.82 Å². The minimum atomic E-state index is -3.67. The van der Waals surface area contributed by atoms with Crippen LogP contribution in [0.3, 0.4) is 0 Å². The molecular weight excluding hydrogens is 310 g/mol. The Labute approximate surface area is 127 Å². The number of hydrogen-bond acceptors (Lipinski definition) is 6. The molecule has 3 heterocycles. The summed E-state index contributed by atoms with van der Waals surface area (Å²) in [6.07, 6.45) is 7.22. The summed E-state index contributed by atoms with van der Waals surface area (Å²) < 4.78 is 24.9. The Morgan fingerprint density at radius 3 is 2.90 bits per heavy atom. The van der Waals surface area contributed by atoms with Gasteiger partial charge in [0.15, 0.2) is 9.34 Å². The summed E-state index contributed by atoms with van der Waals surface area (Å²) in [5, 5.41) is 5.87. The maximum Gasteiger partial charge on any atom is 0.249 e. The number of primary sulfonamides is 1. The molecule has 0 spiro atoms. The number of sulfonamides is 1. The van der Waals surface area contributed by atoms with Gasteiger partial charge in [0, 0.05) is 31.5 Å². The Balaban J connectivity index is 1.81. The van der Waals surface area contributed by atoms with Crippen molar-refractivity contribution in [1.82, 2.24) is 14.5 Å². The third-order valence-electron chi connectivity index (χ3n) is 3.71. The zero-order valence-electron chi connectivity index (χ0n) is 11.6. The average Bonchev–Trinajstić information content (AvgIpc) is 3.10. The number of thiazole rings is 1. The maximum absolute atomic E-state index is 11.4. The zero-order valence-corrected chi connectivity index (χ0v) is 13.3. The van der Waals surface area contributed by atoms with Crippen molar-refractivity contribution in [1.29, 1.82) is 0 Å². The first kappa shape index (κ1) is 14.5. The Morgan fingerprint density at radius 1 is 1.48 bits per heavy atom. The smallest absolute Gasteiger partial charge is 0.249 e. The van der Waals surface area contributed by atoms with Crippen molar-refractivity contribution in [2.45, 2.75) is 36.6 Å². The zero-order chi connectivity index (χ0) is 15.0. The number of hydrogen-bond donors (Lipinski definition) is 1. The summed E-state index contributed by atoms with van der Waals surface area (Å²) in [5.41, 5.74) is 0. The minimum absolute atomic E-state index is 0.113. The van der Waals surface area contributed by atoms with E-state index in [0.717, 1.165) is 48.2 Å². The van der Waals surface area contributed by atoms with Gasteiger partial charge in [0.25, 0.3) is 0 Å². The third kappa shape index (κ3) is 2.94. The second-order valence-corrected chi connectivity index (χ2v) is 7.92. The first-order chi connectivity index (χ1) is 9.95. The average molecular weight is 327 g/mol. The molecule has 2 N–H and O–H groups in total. The molecule has 1 aliphatic rings. The molecule has 1 atom stereocenters. The van der Waals surface area contributed by atoms with Gasteiger partial charge in [-0.3, -0.25) is 0 Å². The lowest BCUT2D eigenvalue weighted by atomic mass is 10.2. The largest absolute Gasteiger partial charge is 0.343 e. The van der Waals surface area contributed by atoms with Crippen LogP contribution in [0.1, 0.15) is 18.7 Å². The molecule has 1 fully saturated rings. The Morgan fingerprint density at radius 2 is 2.29 bits per heavy atom. The maximum atomic E-state index is 11.4. The van der Waals surface area contributed by atoms with E-state index in [1.54, 1.807) is 6.20 Å². The van der Waals surface area contributed by atoms with Crippen molar-refractivity contribution >= 4 is 26.5 Å². The van der Waals surface area contributed by atoms with Crippen LogP contribution >= 0.6 is 11.3 Å². The molecule has 114 valence electrons. The van der Waals surface area contributed by atoms with Crippen LogP contribution < -0.4 is 10.0 Å². The molecule has 3 rings (SSSR count). The highest BCUT2D eigenvalue weighted by Crippen LogP contribution is 2.31. The van der Waals surface area contributed by atoms with Crippen molar-refractivity contribution < 1.29 is 8.42 Å². The fraction of sp³-hybridized carbons (Fsp3) is 0.500. The normalized spacial score (nSPS) is 19.3. The van der Waals surface area contributed by atoms with E-state index in [0.29, 0.717) is 6.04 Å². The first-order valence-electron chi connectivity index (χ1n) is 6.68. The van der Waals surface area contributed by atoms with Crippen molar-refractivity contribution in [3.63, 3.8) is 0 Å². The molecule has 21 heavy (non-hydrogen) atoms. The first-order valence-corrected chi connectivity index (χ1v) is 9.04. The van der Waals surface area contributed by atoms with Gasteiger partial charge in [-0.05, 0) is 19.8 Å². The van der Waals surface area contributed by atoms with Crippen LogP contribution in [-0.4, -0.2) is 35.5 Å². The quantitative estimate of drug-likeness (QED) is 0.903. The fourth-order valence-electron chi connectivity index (χ4n) is 2.62. The highest BCUT2D eigenvalue weighted by atomic mass is 32.2. The van der Waals surface area contributed by atoms with Gasteiger partial charge < -0.3 is 9.47 Å². The minimum Gasteiger partial charge on any atom is -0.343 e. The number of aromatic nitrogens is 3. The number of aryl methyl sites for hydroxylation is 1. The van der Waals surface area contributed by atoms with E-state index < -0.39 is 10.0 Å². The van der Waals surface area contributed by atoms with Crippen molar-refractivity contribution in [2.75, 3.05) is 11.4 Å². The number of anilines is 1. The highest BCUT2D eigenvalue weighted by Gasteiger charge is 2.28. The second kappa shape index (κ2) is 5.39. The number of nitrogens with two attached hydrogens (primary N) is 1. The molecule has 0 aliphatic carbocycles. The van der Waals surface area contributed by atoms with Crippen LogP contribution in [0.5, 0.6) is 0 Å². The summed E-state index contributed by atoms with van der Waals surface area (Å²) in [7, 11) is -3.67. The SMILES string of the molecule is Cc1nccn1C[C@@H]1CCCN1c1ncc(S(N)(=O)=O)s1. The lowest BCUT2D eigenvalue weighted by molar-refractivity contribution is 0.540. The molecule has 2 aromatic heterocycles. The van der Waals surface area contributed by atoms with Crippen LogP contribution in [0.15, 0.2) is 22.8 Å². The molecule has 1 saturated heterocycles. The van der Waals surface area contributed by atoms with Gasteiger partial charge in [-0.15, -0.1) is 0 Å². The van der Waals surface area contributed by atoms with E-state index in [9.17, 15) is 8.42 Å². The summed E-state index contributed by atoms with van der Waals surface area (Å²) in [6.45, 7) is 3.69. The molecule has 0 aromatic carbocycles. The Kier molecular flexibility index (Phi) is 3.72. The predicted octanol–water partition coefficient (Wildman–Crippen LogP) is 0.964. The summed E-state index contributed by atoms with van der Waals surface area (Å²) in [4.78, 5) is 10.6. The Bertz CT molecular complexity index is 736. The number of imidazole rings is 1. The van der Waals surface area contributed by atoms with Crippen LogP contribution in [0.4, 0.5) is 5.13 Å². The molecule has 2 aromatic rings. The van der Waals surface area contributed by atoms with Gasteiger partial charge in [0.2, 0.25) is 10.0 Å². The van der Waals surface area contributed by atoms with E-state index in [-0.39, 0.29) is 4.21 Å². The molecule has 0 radical (unpaired) electrons. The molecule has 1 aliphatic heterocycles. The molecular formula is C12H17N5O2S2.